The molecule has 0 spiro atoms. The van der Waals surface area contributed by atoms with Gasteiger partial charge in [-0.1, -0.05) is 40.7 Å². The van der Waals surface area contributed by atoms with Gasteiger partial charge in [0.15, 0.2) is 5.78 Å². The van der Waals surface area contributed by atoms with Crippen LogP contribution >= 0.6 is 0 Å². The van der Waals surface area contributed by atoms with Gasteiger partial charge in [-0.2, -0.15) is 0 Å². The maximum absolute atomic E-state index is 12.1. The van der Waals surface area contributed by atoms with Gasteiger partial charge in [0.25, 0.3) is 0 Å². The average molecular weight is 459 g/mol. The smallest absolute Gasteiger partial charge is 0.155 e. The lowest BCUT2D eigenvalue weighted by Gasteiger charge is -2.59. The Morgan fingerprint density at radius 1 is 1.21 bits per heavy atom. The van der Waals surface area contributed by atoms with Crippen molar-refractivity contribution < 1.29 is 20.0 Å². The van der Waals surface area contributed by atoms with E-state index in [-0.39, 0.29) is 17.1 Å². The van der Waals surface area contributed by atoms with E-state index >= 15 is 0 Å². The van der Waals surface area contributed by atoms with Crippen LogP contribution in [-0.4, -0.2) is 27.9 Å². The van der Waals surface area contributed by atoms with E-state index in [1.807, 2.05) is 0 Å². The highest BCUT2D eigenvalue weighted by Gasteiger charge is 2.61. The second-order valence-electron chi connectivity index (χ2n) is 12.8. The summed E-state index contributed by atoms with van der Waals surface area (Å²) in [5.41, 5.74) is 0.649. The van der Waals surface area contributed by atoms with E-state index in [0.717, 1.165) is 31.3 Å². The van der Waals surface area contributed by atoms with Gasteiger partial charge in [-0.3, -0.25) is 10.1 Å². The van der Waals surface area contributed by atoms with Gasteiger partial charge < -0.3 is 5.11 Å². The summed E-state index contributed by atoms with van der Waals surface area (Å²) in [6.45, 7) is 15.3. The summed E-state index contributed by atoms with van der Waals surface area (Å²) in [6, 6.07) is 0. The molecule has 1 unspecified atom stereocenters. The number of aliphatic hydroxyl groups excluding tert-OH is 1. The van der Waals surface area contributed by atoms with Crippen LogP contribution in [0.3, 0.4) is 0 Å². The van der Waals surface area contributed by atoms with E-state index in [9.17, 15) is 15.2 Å². The monoisotopic (exact) mass is 458 g/mol. The topological polar surface area (TPSA) is 66.8 Å². The van der Waals surface area contributed by atoms with Crippen LogP contribution in [0.4, 0.5) is 0 Å². The largest absolute Gasteiger partial charge is 0.389 e. The molecule has 186 valence electrons. The lowest BCUT2D eigenvalue weighted by molar-refractivity contribution is -0.321. The second kappa shape index (κ2) is 8.91. The Labute approximate surface area is 200 Å². The Balaban J connectivity index is 1.52. The molecule has 0 amide bonds. The quantitative estimate of drug-likeness (QED) is 0.256. The summed E-state index contributed by atoms with van der Waals surface area (Å²) in [5, 5.41) is 20.8. The van der Waals surface area contributed by atoms with Crippen molar-refractivity contribution in [3.05, 3.63) is 24.3 Å². The fourth-order valence-electron chi connectivity index (χ4n) is 9.05. The molecule has 0 heterocycles. The zero-order valence-electron chi connectivity index (χ0n) is 21.5. The molecule has 0 saturated heterocycles. The number of ketones is 1. The minimum absolute atomic E-state index is 0.0133. The van der Waals surface area contributed by atoms with Crippen molar-refractivity contribution in [2.24, 2.45) is 46.3 Å². The van der Waals surface area contributed by atoms with E-state index in [0.29, 0.717) is 41.4 Å². The SMILES string of the molecule is C=CC(CC[C@@H](C)[C@H]1CC[C@H]2[C@@H]3C[C@@H](O)C4=CC(=O)CC[C@]4(C)[C@H]3CC[C@]12C)(OO)C(C)C. The van der Waals surface area contributed by atoms with Gasteiger partial charge in [0.1, 0.15) is 5.60 Å². The lowest BCUT2D eigenvalue weighted by Crippen LogP contribution is -2.54. The minimum atomic E-state index is -0.673. The van der Waals surface area contributed by atoms with Gasteiger partial charge >= 0.3 is 0 Å². The van der Waals surface area contributed by atoms with Gasteiger partial charge in [-0.25, -0.2) is 4.89 Å². The van der Waals surface area contributed by atoms with Crippen molar-refractivity contribution in [3.8, 4) is 0 Å². The molecular formula is C29H46O4. The highest BCUT2D eigenvalue weighted by molar-refractivity contribution is 5.91. The number of hydrogen-bond acceptors (Lipinski definition) is 4. The molecule has 3 fully saturated rings. The molecule has 4 nitrogen and oxygen atoms in total. The van der Waals surface area contributed by atoms with Crippen LogP contribution < -0.4 is 0 Å². The second-order valence-corrected chi connectivity index (χ2v) is 12.8. The maximum atomic E-state index is 12.1. The van der Waals surface area contributed by atoms with E-state index in [1.54, 1.807) is 12.2 Å². The first-order valence-corrected chi connectivity index (χ1v) is 13.4. The van der Waals surface area contributed by atoms with Crippen molar-refractivity contribution in [2.75, 3.05) is 0 Å². The van der Waals surface area contributed by atoms with Crippen LogP contribution in [0.25, 0.3) is 0 Å². The summed E-state index contributed by atoms with van der Waals surface area (Å²) < 4.78 is 0. The van der Waals surface area contributed by atoms with Crippen LogP contribution in [0.1, 0.15) is 92.4 Å². The molecule has 4 rings (SSSR count). The van der Waals surface area contributed by atoms with E-state index < -0.39 is 11.7 Å². The maximum Gasteiger partial charge on any atom is 0.155 e. The van der Waals surface area contributed by atoms with Crippen molar-refractivity contribution in [2.45, 2.75) is 104 Å². The van der Waals surface area contributed by atoms with E-state index in [1.165, 1.54) is 25.7 Å². The molecule has 33 heavy (non-hydrogen) atoms. The molecule has 0 aromatic heterocycles. The van der Waals surface area contributed by atoms with E-state index in [2.05, 4.69) is 41.2 Å². The Hall–Kier alpha value is -0.970. The third kappa shape index (κ3) is 3.89. The normalized spacial score (nSPS) is 43.2. The van der Waals surface area contributed by atoms with Crippen LogP contribution in [0, 0.1) is 46.3 Å². The number of aliphatic hydroxyl groups is 1. The van der Waals surface area contributed by atoms with E-state index in [4.69, 9.17) is 4.89 Å². The summed E-state index contributed by atoms with van der Waals surface area (Å²) in [4.78, 5) is 17.1. The Bertz CT molecular complexity index is 801. The Morgan fingerprint density at radius 2 is 1.94 bits per heavy atom. The van der Waals surface area contributed by atoms with Crippen LogP contribution in [0.2, 0.25) is 0 Å². The molecule has 4 aliphatic rings. The average Bonchev–Trinajstić information content (AvgIpc) is 3.13. The molecular weight excluding hydrogens is 412 g/mol. The number of rotatable bonds is 7. The summed E-state index contributed by atoms with van der Waals surface area (Å²) in [6.07, 6.45) is 12.2. The standard InChI is InChI=1S/C29H46O4/c1-7-29(33-32,18(2)3)15-10-19(4)22-8-9-23-21-17-26(31)25-16-20(30)11-13-28(25,6)24(21)12-14-27(22,23)5/h7,16,18-19,21-24,26,31-32H,1,8-15,17H2,2-6H3/t19-,21+,22-,23+,24+,26-,27-,28-,29?/m1/s1. The molecule has 3 saturated carbocycles. The van der Waals surface area contributed by atoms with Gasteiger partial charge in [-0.05, 0) is 109 Å². The summed E-state index contributed by atoms with van der Waals surface area (Å²) in [5.74, 6) is 3.36. The van der Waals surface area contributed by atoms with Crippen LogP contribution in [-0.2, 0) is 9.68 Å². The molecule has 4 heteroatoms. The van der Waals surface area contributed by atoms with Gasteiger partial charge in [0.2, 0.25) is 0 Å². The Morgan fingerprint density at radius 3 is 2.58 bits per heavy atom. The van der Waals surface area contributed by atoms with Gasteiger partial charge in [-0.15, -0.1) is 6.58 Å². The molecule has 9 atom stereocenters. The van der Waals surface area contributed by atoms with Crippen LogP contribution in [0.5, 0.6) is 0 Å². The minimum Gasteiger partial charge on any atom is -0.389 e. The number of fused-ring (bicyclic) bond motifs is 5. The molecule has 0 aromatic carbocycles. The third-order valence-corrected chi connectivity index (χ3v) is 11.2. The van der Waals surface area contributed by atoms with Crippen molar-refractivity contribution in [1.29, 1.82) is 0 Å². The predicted molar refractivity (Wildman–Crippen MR) is 131 cm³/mol. The molecule has 0 aliphatic heterocycles. The first kappa shape index (κ1) is 25.1. The zero-order valence-corrected chi connectivity index (χ0v) is 21.5. The van der Waals surface area contributed by atoms with Crippen molar-refractivity contribution in [3.63, 3.8) is 0 Å². The molecule has 0 radical (unpaired) electrons. The van der Waals surface area contributed by atoms with Crippen molar-refractivity contribution in [1.82, 2.24) is 0 Å². The Kier molecular flexibility index (Phi) is 6.79. The molecule has 4 aliphatic carbocycles. The first-order valence-electron chi connectivity index (χ1n) is 13.4. The fraction of sp³-hybridized carbons (Fsp3) is 0.828. The summed E-state index contributed by atoms with van der Waals surface area (Å²) >= 11 is 0. The molecule has 0 aromatic rings. The van der Waals surface area contributed by atoms with Gasteiger partial charge in [0.05, 0.1) is 6.10 Å². The molecule has 2 N–H and O–H groups in total. The number of carbonyl (C=O) groups excluding carboxylic acids is 1. The number of carbonyl (C=O) groups is 1. The van der Waals surface area contributed by atoms with Crippen LogP contribution in [0.15, 0.2) is 24.3 Å². The number of hydrogen-bond donors (Lipinski definition) is 2. The lowest BCUT2D eigenvalue weighted by atomic mass is 9.46. The predicted octanol–water partition coefficient (Wildman–Crippen LogP) is 6.59. The molecule has 0 bridgehead atoms. The van der Waals surface area contributed by atoms with Gasteiger partial charge in [0, 0.05) is 6.42 Å². The summed E-state index contributed by atoms with van der Waals surface area (Å²) in [7, 11) is 0. The third-order valence-electron chi connectivity index (χ3n) is 11.2. The highest BCUT2D eigenvalue weighted by atomic mass is 17.1. The fourth-order valence-corrected chi connectivity index (χ4v) is 9.05. The highest BCUT2D eigenvalue weighted by Crippen LogP contribution is 2.67. The first-order chi connectivity index (χ1) is 15.5. The van der Waals surface area contributed by atoms with Crippen molar-refractivity contribution >= 4 is 5.78 Å². The zero-order chi connectivity index (χ0) is 24.2.